The van der Waals surface area contributed by atoms with Gasteiger partial charge in [0.05, 0.1) is 7.11 Å². The molecule has 2 nitrogen and oxygen atoms in total. The molecule has 0 heterocycles. The maximum Gasteiger partial charge on any atom is 0.165 e. The van der Waals surface area contributed by atoms with Gasteiger partial charge in [0, 0.05) is 6.04 Å². The van der Waals surface area contributed by atoms with E-state index in [-0.39, 0.29) is 11.9 Å². The fraction of sp³-hybridized carbons (Fsp3) is 0.429. The van der Waals surface area contributed by atoms with Crippen molar-refractivity contribution in [1.82, 2.24) is 5.32 Å². The van der Waals surface area contributed by atoms with Gasteiger partial charge in [-0.1, -0.05) is 18.2 Å². The van der Waals surface area contributed by atoms with Gasteiger partial charge in [0.15, 0.2) is 11.6 Å². The van der Waals surface area contributed by atoms with Crippen LogP contribution in [0.3, 0.4) is 0 Å². The monoisotopic (exact) mass is 237 g/mol. The summed E-state index contributed by atoms with van der Waals surface area (Å²) in [6, 6.07) is 5.15. The van der Waals surface area contributed by atoms with Gasteiger partial charge in [0.25, 0.3) is 0 Å². The van der Waals surface area contributed by atoms with Gasteiger partial charge in [0.1, 0.15) is 0 Å². The minimum atomic E-state index is -0.322. The molecule has 0 amide bonds. The van der Waals surface area contributed by atoms with E-state index in [1.807, 2.05) is 13.0 Å². The summed E-state index contributed by atoms with van der Waals surface area (Å²) in [5.74, 6) is -0.0260. The van der Waals surface area contributed by atoms with Gasteiger partial charge in [-0.05, 0) is 44.5 Å². The van der Waals surface area contributed by atoms with Gasteiger partial charge < -0.3 is 10.1 Å². The first-order chi connectivity index (χ1) is 8.19. The lowest BCUT2D eigenvalue weighted by Gasteiger charge is -2.14. The van der Waals surface area contributed by atoms with Gasteiger partial charge in [0.2, 0.25) is 0 Å². The van der Waals surface area contributed by atoms with Crippen molar-refractivity contribution in [3.05, 3.63) is 41.7 Å². The zero-order chi connectivity index (χ0) is 12.7. The van der Waals surface area contributed by atoms with Crippen LogP contribution < -0.4 is 10.1 Å². The van der Waals surface area contributed by atoms with E-state index in [2.05, 4.69) is 18.3 Å². The van der Waals surface area contributed by atoms with Crippen molar-refractivity contribution in [3.8, 4) is 5.75 Å². The Kier molecular flexibility index (Phi) is 5.70. The Morgan fingerprint density at radius 2 is 2.24 bits per heavy atom. The largest absolute Gasteiger partial charge is 0.494 e. The molecule has 1 rings (SSSR count). The second-order valence-electron chi connectivity index (χ2n) is 3.93. The molecule has 0 saturated carbocycles. The molecule has 1 atom stereocenters. The fourth-order valence-corrected chi connectivity index (χ4v) is 1.61. The van der Waals surface area contributed by atoms with E-state index >= 15 is 0 Å². The molecule has 1 aromatic carbocycles. The Hall–Kier alpha value is -1.35. The topological polar surface area (TPSA) is 21.3 Å². The van der Waals surface area contributed by atoms with Crippen molar-refractivity contribution < 1.29 is 9.13 Å². The summed E-state index contributed by atoms with van der Waals surface area (Å²) < 4.78 is 18.2. The van der Waals surface area contributed by atoms with Crippen LogP contribution in [0.25, 0.3) is 0 Å². The Bertz CT molecular complexity index is 376. The highest BCUT2D eigenvalue weighted by Crippen LogP contribution is 2.22. The summed E-state index contributed by atoms with van der Waals surface area (Å²) in [6.07, 6.45) is 5.15. The van der Waals surface area contributed by atoms with Gasteiger partial charge in [-0.2, -0.15) is 0 Å². The number of rotatable bonds is 6. The third-order valence-electron chi connectivity index (χ3n) is 2.67. The molecular weight excluding hydrogens is 217 g/mol. The van der Waals surface area contributed by atoms with E-state index in [1.54, 1.807) is 12.1 Å². The number of halogens is 1. The van der Waals surface area contributed by atoms with Crippen LogP contribution in [0, 0.1) is 5.82 Å². The zero-order valence-corrected chi connectivity index (χ0v) is 10.7. The number of methoxy groups -OCH3 is 1. The standard InChI is InChI=1S/C14H20FNO/c1-4-5-6-9-16-11(2)12-7-8-13(15)14(10-12)17-3/h4-5,7-8,10-11,16H,6,9H2,1-3H3/b5-4+. The lowest BCUT2D eigenvalue weighted by Crippen LogP contribution is -2.19. The zero-order valence-electron chi connectivity index (χ0n) is 10.7. The SMILES string of the molecule is C/C=C/CCNC(C)c1ccc(F)c(OC)c1. The van der Waals surface area contributed by atoms with Crippen molar-refractivity contribution in [2.24, 2.45) is 0 Å². The molecule has 0 aromatic heterocycles. The first-order valence-corrected chi connectivity index (χ1v) is 5.87. The van der Waals surface area contributed by atoms with Crippen LogP contribution in [0.5, 0.6) is 5.75 Å². The van der Waals surface area contributed by atoms with Crippen molar-refractivity contribution >= 4 is 0 Å². The van der Waals surface area contributed by atoms with Crippen molar-refractivity contribution in [1.29, 1.82) is 0 Å². The average molecular weight is 237 g/mol. The highest BCUT2D eigenvalue weighted by atomic mass is 19.1. The van der Waals surface area contributed by atoms with Crippen LogP contribution in [0.2, 0.25) is 0 Å². The first-order valence-electron chi connectivity index (χ1n) is 5.87. The van der Waals surface area contributed by atoms with Crippen LogP contribution in [-0.4, -0.2) is 13.7 Å². The molecule has 0 saturated heterocycles. The smallest absolute Gasteiger partial charge is 0.165 e. The number of allylic oxidation sites excluding steroid dienone is 1. The Morgan fingerprint density at radius 1 is 1.47 bits per heavy atom. The number of benzene rings is 1. The molecule has 0 aliphatic rings. The molecule has 0 fully saturated rings. The van der Waals surface area contributed by atoms with Crippen molar-refractivity contribution in [3.63, 3.8) is 0 Å². The second kappa shape index (κ2) is 7.07. The third-order valence-corrected chi connectivity index (χ3v) is 2.67. The number of hydrogen-bond acceptors (Lipinski definition) is 2. The molecular formula is C14H20FNO. The van der Waals surface area contributed by atoms with E-state index in [0.717, 1.165) is 18.5 Å². The van der Waals surface area contributed by atoms with Gasteiger partial charge >= 0.3 is 0 Å². The van der Waals surface area contributed by atoms with Crippen molar-refractivity contribution in [2.75, 3.05) is 13.7 Å². The molecule has 94 valence electrons. The predicted octanol–water partition coefficient (Wildman–Crippen LogP) is 3.45. The second-order valence-corrected chi connectivity index (χ2v) is 3.93. The molecule has 0 spiro atoms. The number of nitrogens with one attached hydrogen (secondary N) is 1. The van der Waals surface area contributed by atoms with Crippen LogP contribution in [-0.2, 0) is 0 Å². The Labute approximate surface area is 102 Å². The third kappa shape index (κ3) is 4.19. The van der Waals surface area contributed by atoms with E-state index in [9.17, 15) is 4.39 Å². The lowest BCUT2D eigenvalue weighted by molar-refractivity contribution is 0.385. The Balaban J connectivity index is 2.59. The normalized spacial score (nSPS) is 12.9. The molecule has 0 aliphatic heterocycles. The van der Waals surface area contributed by atoms with Crippen molar-refractivity contribution in [2.45, 2.75) is 26.3 Å². The molecule has 3 heteroatoms. The molecule has 17 heavy (non-hydrogen) atoms. The number of ether oxygens (including phenoxy) is 1. The molecule has 1 N–H and O–H groups in total. The highest BCUT2D eigenvalue weighted by molar-refractivity contribution is 5.31. The van der Waals surface area contributed by atoms with Crippen LogP contribution in [0.4, 0.5) is 4.39 Å². The Morgan fingerprint density at radius 3 is 2.88 bits per heavy atom. The number of hydrogen-bond donors (Lipinski definition) is 1. The predicted molar refractivity (Wildman–Crippen MR) is 68.8 cm³/mol. The summed E-state index contributed by atoms with van der Waals surface area (Å²) >= 11 is 0. The van der Waals surface area contributed by atoms with Crippen LogP contribution >= 0.6 is 0 Å². The minimum Gasteiger partial charge on any atom is -0.494 e. The summed E-state index contributed by atoms with van der Waals surface area (Å²) in [4.78, 5) is 0. The molecule has 0 bridgehead atoms. The lowest BCUT2D eigenvalue weighted by atomic mass is 10.1. The quantitative estimate of drug-likeness (QED) is 0.604. The first kappa shape index (κ1) is 13.7. The molecule has 0 radical (unpaired) electrons. The van der Waals surface area contributed by atoms with E-state index in [0.29, 0.717) is 5.75 Å². The van der Waals surface area contributed by atoms with Gasteiger partial charge in [-0.3, -0.25) is 0 Å². The molecule has 0 aliphatic carbocycles. The maximum absolute atomic E-state index is 13.2. The van der Waals surface area contributed by atoms with E-state index < -0.39 is 0 Å². The summed E-state index contributed by atoms with van der Waals surface area (Å²) in [6.45, 7) is 4.97. The molecule has 1 unspecified atom stereocenters. The van der Waals surface area contributed by atoms with Crippen LogP contribution in [0.15, 0.2) is 30.4 Å². The minimum absolute atomic E-state index is 0.190. The van der Waals surface area contributed by atoms with Gasteiger partial charge in [-0.25, -0.2) is 4.39 Å². The maximum atomic E-state index is 13.2. The highest BCUT2D eigenvalue weighted by Gasteiger charge is 2.08. The van der Waals surface area contributed by atoms with Gasteiger partial charge in [-0.15, -0.1) is 0 Å². The van der Waals surface area contributed by atoms with Crippen LogP contribution in [0.1, 0.15) is 31.9 Å². The summed E-state index contributed by atoms with van der Waals surface area (Å²) in [5.41, 5.74) is 1.03. The van der Waals surface area contributed by atoms with E-state index in [1.165, 1.54) is 13.2 Å². The average Bonchev–Trinajstić information content (AvgIpc) is 2.35. The summed E-state index contributed by atoms with van der Waals surface area (Å²) in [7, 11) is 1.48. The molecule has 1 aromatic rings. The summed E-state index contributed by atoms with van der Waals surface area (Å²) in [5, 5.41) is 3.38. The fourth-order valence-electron chi connectivity index (χ4n) is 1.61. The van der Waals surface area contributed by atoms with E-state index in [4.69, 9.17) is 4.74 Å².